The van der Waals surface area contributed by atoms with Gasteiger partial charge in [0, 0.05) is 19.2 Å². The Labute approximate surface area is 119 Å². The minimum absolute atomic E-state index is 0.0334. The largest absolute Gasteiger partial charge is 0.573 e. The number of amides is 1. The molecule has 0 bridgehead atoms. The maximum atomic E-state index is 12.0. The summed E-state index contributed by atoms with van der Waals surface area (Å²) < 4.78 is 44.4. The van der Waals surface area contributed by atoms with Crippen LogP contribution in [-0.4, -0.2) is 43.2 Å². The Hall–Kier alpha value is -1.80. The standard InChI is InChI=1S/C13H16F3NO4/c1-12(19,8-20-2)7-17-11(18)9-3-5-10(6-4-9)21-13(14,15)16/h3-6,19H,7-8H2,1-2H3,(H,17,18)/t12-/m0/s1. The first kappa shape index (κ1) is 17.3. The van der Waals surface area contributed by atoms with E-state index in [1.807, 2.05) is 0 Å². The predicted molar refractivity (Wildman–Crippen MR) is 68.0 cm³/mol. The zero-order valence-electron chi connectivity index (χ0n) is 11.5. The first-order valence-electron chi connectivity index (χ1n) is 5.98. The summed E-state index contributed by atoms with van der Waals surface area (Å²) in [5.41, 5.74) is -1.08. The molecule has 0 aliphatic carbocycles. The van der Waals surface area contributed by atoms with E-state index in [9.17, 15) is 23.1 Å². The van der Waals surface area contributed by atoms with Gasteiger partial charge in [0.25, 0.3) is 5.91 Å². The molecule has 5 nitrogen and oxygen atoms in total. The van der Waals surface area contributed by atoms with Crippen LogP contribution >= 0.6 is 0 Å². The molecule has 0 aliphatic heterocycles. The second-order valence-corrected chi connectivity index (χ2v) is 4.68. The number of hydrogen-bond donors (Lipinski definition) is 2. The molecule has 0 saturated carbocycles. The molecule has 0 aromatic heterocycles. The van der Waals surface area contributed by atoms with Gasteiger partial charge in [-0.3, -0.25) is 4.79 Å². The average molecular weight is 307 g/mol. The van der Waals surface area contributed by atoms with Gasteiger partial charge in [0.05, 0.1) is 6.61 Å². The third-order valence-electron chi connectivity index (χ3n) is 2.44. The summed E-state index contributed by atoms with van der Waals surface area (Å²) in [5.74, 6) is -0.935. The smallest absolute Gasteiger partial charge is 0.406 e. The number of carbonyl (C=O) groups excluding carboxylic acids is 1. The average Bonchev–Trinajstić information content (AvgIpc) is 2.35. The number of carbonyl (C=O) groups is 1. The van der Waals surface area contributed by atoms with Gasteiger partial charge < -0.3 is 19.9 Å². The van der Waals surface area contributed by atoms with Crippen molar-refractivity contribution in [3.05, 3.63) is 29.8 Å². The predicted octanol–water partition coefficient (Wildman–Crippen LogP) is 1.71. The highest BCUT2D eigenvalue weighted by atomic mass is 19.4. The quantitative estimate of drug-likeness (QED) is 0.839. The molecule has 1 atom stereocenters. The fraction of sp³-hybridized carbons (Fsp3) is 0.462. The monoisotopic (exact) mass is 307 g/mol. The van der Waals surface area contributed by atoms with Crippen LogP contribution in [0, 0.1) is 0 Å². The number of methoxy groups -OCH3 is 1. The van der Waals surface area contributed by atoms with E-state index in [2.05, 4.69) is 10.1 Å². The summed E-state index contributed by atoms with van der Waals surface area (Å²) in [5, 5.41) is 12.3. The molecule has 1 aromatic carbocycles. The molecule has 0 saturated heterocycles. The molecule has 1 rings (SSSR count). The van der Waals surface area contributed by atoms with Crippen molar-refractivity contribution in [2.75, 3.05) is 20.3 Å². The summed E-state index contributed by atoms with van der Waals surface area (Å²) in [6, 6.07) is 4.47. The highest BCUT2D eigenvalue weighted by molar-refractivity contribution is 5.94. The van der Waals surface area contributed by atoms with Crippen molar-refractivity contribution in [3.8, 4) is 5.75 Å². The van der Waals surface area contributed by atoms with E-state index in [4.69, 9.17) is 4.74 Å². The number of rotatable bonds is 6. The van der Waals surface area contributed by atoms with Gasteiger partial charge >= 0.3 is 6.36 Å². The van der Waals surface area contributed by atoms with Gasteiger partial charge in [0.2, 0.25) is 0 Å². The van der Waals surface area contributed by atoms with Gasteiger partial charge in [-0.2, -0.15) is 0 Å². The van der Waals surface area contributed by atoms with Crippen LogP contribution < -0.4 is 10.1 Å². The van der Waals surface area contributed by atoms with E-state index in [-0.39, 0.29) is 18.7 Å². The van der Waals surface area contributed by atoms with Crippen LogP contribution in [0.25, 0.3) is 0 Å². The lowest BCUT2D eigenvalue weighted by Gasteiger charge is -2.22. The summed E-state index contributed by atoms with van der Waals surface area (Å²) in [6.45, 7) is 1.46. The van der Waals surface area contributed by atoms with E-state index >= 15 is 0 Å². The number of benzene rings is 1. The Morgan fingerprint density at radius 3 is 2.33 bits per heavy atom. The van der Waals surface area contributed by atoms with Crippen molar-refractivity contribution < 1.29 is 32.5 Å². The molecular formula is C13H16F3NO4. The van der Waals surface area contributed by atoms with Crippen LogP contribution in [0.15, 0.2) is 24.3 Å². The van der Waals surface area contributed by atoms with E-state index in [1.165, 1.54) is 26.2 Å². The molecule has 21 heavy (non-hydrogen) atoms. The van der Waals surface area contributed by atoms with Crippen molar-refractivity contribution >= 4 is 5.91 Å². The van der Waals surface area contributed by atoms with E-state index in [0.717, 1.165) is 12.1 Å². The van der Waals surface area contributed by atoms with Crippen molar-refractivity contribution in [1.29, 1.82) is 0 Å². The molecule has 1 aromatic rings. The number of aliphatic hydroxyl groups is 1. The lowest BCUT2D eigenvalue weighted by atomic mass is 10.1. The first-order valence-corrected chi connectivity index (χ1v) is 5.98. The molecule has 0 aliphatic rings. The first-order chi connectivity index (χ1) is 9.63. The lowest BCUT2D eigenvalue weighted by molar-refractivity contribution is -0.274. The fourth-order valence-corrected chi connectivity index (χ4v) is 1.54. The van der Waals surface area contributed by atoms with Crippen LogP contribution in [0.4, 0.5) is 13.2 Å². The third-order valence-corrected chi connectivity index (χ3v) is 2.44. The fourth-order valence-electron chi connectivity index (χ4n) is 1.54. The van der Waals surface area contributed by atoms with Crippen LogP contribution in [-0.2, 0) is 4.74 Å². The molecule has 8 heteroatoms. The Morgan fingerprint density at radius 2 is 1.86 bits per heavy atom. The summed E-state index contributed by atoms with van der Waals surface area (Å²) >= 11 is 0. The zero-order valence-corrected chi connectivity index (χ0v) is 11.5. The molecule has 2 N–H and O–H groups in total. The zero-order chi connectivity index (χ0) is 16.1. The molecule has 0 fully saturated rings. The second kappa shape index (κ2) is 6.77. The number of ether oxygens (including phenoxy) is 2. The topological polar surface area (TPSA) is 67.8 Å². The Bertz CT molecular complexity index is 471. The van der Waals surface area contributed by atoms with Crippen molar-refractivity contribution in [2.45, 2.75) is 18.9 Å². The summed E-state index contributed by atoms with van der Waals surface area (Å²) in [6.07, 6.45) is -4.78. The van der Waals surface area contributed by atoms with Gasteiger partial charge in [-0.05, 0) is 31.2 Å². The minimum Gasteiger partial charge on any atom is -0.406 e. The van der Waals surface area contributed by atoms with Crippen LogP contribution in [0.1, 0.15) is 17.3 Å². The number of alkyl halides is 3. The van der Waals surface area contributed by atoms with Crippen molar-refractivity contribution in [1.82, 2.24) is 5.32 Å². The maximum Gasteiger partial charge on any atom is 0.573 e. The molecule has 0 unspecified atom stereocenters. The second-order valence-electron chi connectivity index (χ2n) is 4.68. The molecule has 118 valence electrons. The van der Waals surface area contributed by atoms with Gasteiger partial charge in [0.15, 0.2) is 0 Å². The highest BCUT2D eigenvalue weighted by Crippen LogP contribution is 2.22. The molecule has 0 spiro atoms. The van der Waals surface area contributed by atoms with Crippen LogP contribution in [0.5, 0.6) is 5.75 Å². The van der Waals surface area contributed by atoms with Gasteiger partial charge in [-0.25, -0.2) is 0 Å². The van der Waals surface area contributed by atoms with E-state index in [1.54, 1.807) is 0 Å². The lowest BCUT2D eigenvalue weighted by Crippen LogP contribution is -2.43. The number of hydrogen-bond acceptors (Lipinski definition) is 4. The highest BCUT2D eigenvalue weighted by Gasteiger charge is 2.31. The summed E-state index contributed by atoms with van der Waals surface area (Å²) in [4.78, 5) is 11.8. The molecule has 1 amide bonds. The van der Waals surface area contributed by atoms with E-state index < -0.39 is 23.6 Å². The Morgan fingerprint density at radius 1 is 1.29 bits per heavy atom. The minimum atomic E-state index is -4.78. The van der Waals surface area contributed by atoms with Crippen LogP contribution in [0.3, 0.4) is 0 Å². The Balaban J connectivity index is 2.59. The normalized spacial score (nSPS) is 14.4. The third kappa shape index (κ3) is 6.46. The molecular weight excluding hydrogens is 291 g/mol. The summed E-state index contributed by atoms with van der Waals surface area (Å²) in [7, 11) is 1.41. The van der Waals surface area contributed by atoms with Crippen molar-refractivity contribution in [3.63, 3.8) is 0 Å². The van der Waals surface area contributed by atoms with Gasteiger partial charge in [0.1, 0.15) is 11.4 Å². The van der Waals surface area contributed by atoms with E-state index in [0.29, 0.717) is 0 Å². The maximum absolute atomic E-state index is 12.0. The van der Waals surface area contributed by atoms with Gasteiger partial charge in [-0.15, -0.1) is 13.2 Å². The number of halogens is 3. The molecule has 0 heterocycles. The Kier molecular flexibility index (Phi) is 5.56. The van der Waals surface area contributed by atoms with Crippen LogP contribution in [0.2, 0.25) is 0 Å². The molecule has 0 radical (unpaired) electrons. The SMILES string of the molecule is COC[C@@](C)(O)CNC(=O)c1ccc(OC(F)(F)F)cc1. The van der Waals surface area contributed by atoms with Gasteiger partial charge in [-0.1, -0.05) is 0 Å². The number of nitrogens with one attached hydrogen (secondary N) is 1. The van der Waals surface area contributed by atoms with Crippen molar-refractivity contribution in [2.24, 2.45) is 0 Å².